The van der Waals surface area contributed by atoms with Gasteiger partial charge in [0.05, 0.1) is 18.0 Å². The zero-order valence-electron chi connectivity index (χ0n) is 8.91. The summed E-state index contributed by atoms with van der Waals surface area (Å²) in [6, 6.07) is 8.48. The van der Waals surface area contributed by atoms with Crippen LogP contribution in [0, 0.1) is 0 Å². The van der Waals surface area contributed by atoms with Crippen LogP contribution in [0.3, 0.4) is 0 Å². The normalized spacial score (nSPS) is 14.3. The smallest absolute Gasteiger partial charge is 0.0949 e. The van der Waals surface area contributed by atoms with E-state index in [1.165, 1.54) is 11.4 Å². The number of benzene rings is 1. The molecule has 0 saturated carbocycles. The Hall–Kier alpha value is -0.960. The van der Waals surface area contributed by atoms with Gasteiger partial charge in [0.1, 0.15) is 0 Å². The molecule has 0 aromatic heterocycles. The Morgan fingerprint density at radius 1 is 1.40 bits per heavy atom. The lowest BCUT2D eigenvalue weighted by molar-refractivity contribution is 0.850. The van der Waals surface area contributed by atoms with Crippen LogP contribution in [0.5, 0.6) is 0 Å². The van der Waals surface area contributed by atoms with Crippen LogP contribution in [-0.4, -0.2) is 18.5 Å². The van der Waals surface area contributed by atoms with Crippen LogP contribution >= 0.6 is 15.9 Å². The Kier molecular flexibility index (Phi) is 3.00. The van der Waals surface area contributed by atoms with Crippen molar-refractivity contribution in [2.24, 2.45) is 0 Å². The second-order valence-corrected chi connectivity index (χ2v) is 4.54. The Balaban J connectivity index is 2.35. The van der Waals surface area contributed by atoms with Crippen molar-refractivity contribution in [3.8, 4) is 0 Å². The summed E-state index contributed by atoms with van der Waals surface area (Å²) < 4.78 is 0. The molecule has 80 valence electrons. The molecule has 0 amide bonds. The third-order valence-electron chi connectivity index (χ3n) is 2.64. The van der Waals surface area contributed by atoms with Gasteiger partial charge in [-0.15, -0.1) is 0 Å². The van der Waals surface area contributed by atoms with Crippen molar-refractivity contribution in [2.75, 3.05) is 28.3 Å². The topological polar surface area (TPSA) is 6.48 Å². The van der Waals surface area contributed by atoms with Crippen LogP contribution in [-0.2, 0) is 0 Å². The molecule has 15 heavy (non-hydrogen) atoms. The number of hydrogen-bond donors (Lipinski definition) is 0. The second-order valence-electron chi connectivity index (χ2n) is 3.75. The monoisotopic (exact) mass is 266 g/mol. The number of nitrogens with zero attached hydrogens (tertiary/aromatic N) is 2. The summed E-state index contributed by atoms with van der Waals surface area (Å²) in [6.07, 6.45) is 0. The van der Waals surface area contributed by atoms with Crippen molar-refractivity contribution < 1.29 is 0 Å². The van der Waals surface area contributed by atoms with E-state index < -0.39 is 0 Å². The van der Waals surface area contributed by atoms with E-state index in [9.17, 15) is 0 Å². The summed E-state index contributed by atoms with van der Waals surface area (Å²) in [5, 5.41) is 0.991. The van der Waals surface area contributed by atoms with Crippen LogP contribution in [0.4, 0.5) is 11.4 Å². The SMILES string of the molecule is C=C(C)N1CN(CCBr)c2ccccc21. The van der Waals surface area contributed by atoms with Crippen molar-refractivity contribution >= 4 is 27.3 Å². The molecule has 3 heteroatoms. The van der Waals surface area contributed by atoms with Gasteiger partial charge in [0.2, 0.25) is 0 Å². The minimum absolute atomic E-state index is 0.917. The number of allylic oxidation sites excluding steroid dienone is 1. The zero-order valence-corrected chi connectivity index (χ0v) is 10.5. The van der Waals surface area contributed by atoms with E-state index in [2.05, 4.69) is 63.5 Å². The lowest BCUT2D eigenvalue weighted by atomic mass is 10.2. The standard InChI is InChI=1S/C12H15BrN2/c1-10(2)15-9-14(8-7-13)11-5-3-4-6-12(11)15/h3-6H,1,7-9H2,2H3. The van der Waals surface area contributed by atoms with Crippen LogP contribution in [0.25, 0.3) is 0 Å². The lowest BCUT2D eigenvalue weighted by Crippen LogP contribution is -2.30. The highest BCUT2D eigenvalue weighted by Crippen LogP contribution is 2.37. The van der Waals surface area contributed by atoms with Gasteiger partial charge >= 0.3 is 0 Å². The fraction of sp³-hybridized carbons (Fsp3) is 0.333. The third-order valence-corrected chi connectivity index (χ3v) is 3.00. The van der Waals surface area contributed by atoms with Gasteiger partial charge in [0, 0.05) is 17.6 Å². The molecule has 0 unspecified atom stereocenters. The summed E-state index contributed by atoms with van der Waals surface area (Å²) in [6.45, 7) is 8.01. The van der Waals surface area contributed by atoms with Gasteiger partial charge in [-0.1, -0.05) is 34.6 Å². The Morgan fingerprint density at radius 2 is 2.07 bits per heavy atom. The molecule has 0 saturated heterocycles. The van der Waals surface area contributed by atoms with Crippen molar-refractivity contribution in [3.05, 3.63) is 36.5 Å². The summed E-state index contributed by atoms with van der Waals surface area (Å²) in [5.74, 6) is 0. The molecule has 0 radical (unpaired) electrons. The van der Waals surface area contributed by atoms with Gasteiger partial charge in [-0.25, -0.2) is 0 Å². The van der Waals surface area contributed by atoms with E-state index in [0.717, 1.165) is 24.2 Å². The molecule has 2 nitrogen and oxygen atoms in total. The molecule has 0 aliphatic carbocycles. The summed E-state index contributed by atoms with van der Waals surface area (Å²) in [4.78, 5) is 4.61. The third kappa shape index (κ3) is 1.88. The maximum absolute atomic E-state index is 4.02. The maximum Gasteiger partial charge on any atom is 0.0949 e. The molecule has 1 aliphatic rings. The van der Waals surface area contributed by atoms with Gasteiger partial charge in [-0.05, 0) is 19.1 Å². The number of hydrogen-bond acceptors (Lipinski definition) is 2. The molecule has 0 N–H and O–H groups in total. The number of fused-ring (bicyclic) bond motifs is 1. The van der Waals surface area contributed by atoms with Crippen molar-refractivity contribution in [1.82, 2.24) is 0 Å². The molecule has 1 aromatic rings. The number of rotatable bonds is 3. The van der Waals surface area contributed by atoms with E-state index >= 15 is 0 Å². The molecule has 0 spiro atoms. The number of alkyl halides is 1. The summed E-state index contributed by atoms with van der Waals surface area (Å²) in [5.41, 5.74) is 3.67. The molecule has 0 fully saturated rings. The summed E-state index contributed by atoms with van der Waals surface area (Å²) in [7, 11) is 0. The van der Waals surface area contributed by atoms with Crippen LogP contribution < -0.4 is 9.80 Å². The highest BCUT2D eigenvalue weighted by atomic mass is 79.9. The van der Waals surface area contributed by atoms with Gasteiger partial charge < -0.3 is 9.80 Å². The van der Waals surface area contributed by atoms with Crippen LogP contribution in [0.2, 0.25) is 0 Å². The molecule has 1 aliphatic heterocycles. The first-order valence-corrected chi connectivity index (χ1v) is 6.19. The largest absolute Gasteiger partial charge is 0.351 e. The second kappa shape index (κ2) is 4.27. The van der Waals surface area contributed by atoms with Crippen molar-refractivity contribution in [3.63, 3.8) is 0 Å². The minimum atomic E-state index is 0.917. The fourth-order valence-electron chi connectivity index (χ4n) is 1.90. The Morgan fingerprint density at radius 3 is 2.67 bits per heavy atom. The predicted octanol–water partition coefficient (Wildman–Crippen LogP) is 3.20. The van der Waals surface area contributed by atoms with Crippen molar-refractivity contribution in [2.45, 2.75) is 6.92 Å². The predicted molar refractivity (Wildman–Crippen MR) is 69.7 cm³/mol. The van der Waals surface area contributed by atoms with Gasteiger partial charge in [-0.2, -0.15) is 0 Å². The van der Waals surface area contributed by atoms with Gasteiger partial charge in [-0.3, -0.25) is 0 Å². The highest BCUT2D eigenvalue weighted by Gasteiger charge is 2.24. The first-order chi connectivity index (χ1) is 7.24. The lowest BCUT2D eigenvalue weighted by Gasteiger charge is -2.20. The quantitative estimate of drug-likeness (QED) is 0.776. The molecule has 1 aromatic carbocycles. The van der Waals surface area contributed by atoms with E-state index in [0.29, 0.717) is 0 Å². The Bertz CT molecular complexity index is 376. The van der Waals surface area contributed by atoms with E-state index in [-0.39, 0.29) is 0 Å². The first-order valence-electron chi connectivity index (χ1n) is 5.07. The molecule has 0 atom stereocenters. The molecule has 2 rings (SSSR count). The molecule has 0 bridgehead atoms. The molecular formula is C12H15BrN2. The number of halogens is 1. The van der Waals surface area contributed by atoms with Crippen LogP contribution in [0.15, 0.2) is 36.5 Å². The van der Waals surface area contributed by atoms with Crippen LogP contribution in [0.1, 0.15) is 6.92 Å². The van der Waals surface area contributed by atoms with Gasteiger partial charge in [0.25, 0.3) is 0 Å². The average molecular weight is 267 g/mol. The van der Waals surface area contributed by atoms with E-state index in [1.807, 2.05) is 0 Å². The average Bonchev–Trinajstić information content (AvgIpc) is 2.59. The fourth-order valence-corrected chi connectivity index (χ4v) is 2.33. The Labute approximate surface area is 99.3 Å². The van der Waals surface area contributed by atoms with E-state index in [4.69, 9.17) is 0 Å². The minimum Gasteiger partial charge on any atom is -0.351 e. The number of para-hydroxylation sites is 2. The highest BCUT2D eigenvalue weighted by molar-refractivity contribution is 9.09. The van der Waals surface area contributed by atoms with Gasteiger partial charge in [0.15, 0.2) is 0 Å². The van der Waals surface area contributed by atoms with E-state index in [1.54, 1.807) is 0 Å². The summed E-state index contributed by atoms with van der Waals surface area (Å²) >= 11 is 3.49. The maximum atomic E-state index is 4.02. The molecule has 1 heterocycles. The van der Waals surface area contributed by atoms with Crippen molar-refractivity contribution in [1.29, 1.82) is 0 Å². The first kappa shape index (κ1) is 10.6. The zero-order chi connectivity index (χ0) is 10.8. The number of anilines is 2. The molecular weight excluding hydrogens is 252 g/mol.